The van der Waals surface area contributed by atoms with Gasteiger partial charge in [-0.05, 0) is 45.1 Å². The van der Waals surface area contributed by atoms with Crippen LogP contribution < -0.4 is 4.72 Å². The molecule has 1 aromatic carbocycles. The van der Waals surface area contributed by atoms with E-state index in [2.05, 4.69) is 20.7 Å². The van der Waals surface area contributed by atoms with Gasteiger partial charge in [-0.25, -0.2) is 13.1 Å². The Morgan fingerprint density at radius 2 is 2.16 bits per heavy atom. The zero-order valence-electron chi connectivity index (χ0n) is 9.63. The summed E-state index contributed by atoms with van der Waals surface area (Å²) >= 11 is 4.35. The van der Waals surface area contributed by atoms with Crippen LogP contribution in [0.25, 0.3) is 0 Å². The van der Waals surface area contributed by atoms with Gasteiger partial charge in [-0.15, -0.1) is 11.3 Å². The van der Waals surface area contributed by atoms with Crippen LogP contribution in [0.2, 0.25) is 0 Å². The molecule has 98 valence electrons. The van der Waals surface area contributed by atoms with E-state index in [0.717, 1.165) is 16.9 Å². The highest BCUT2D eigenvalue weighted by Crippen LogP contribution is 2.27. The third-order valence-corrected chi connectivity index (χ3v) is 6.42. The van der Waals surface area contributed by atoms with Gasteiger partial charge in [-0.2, -0.15) is 5.26 Å². The molecule has 0 aliphatic carbocycles. The Labute approximate surface area is 123 Å². The summed E-state index contributed by atoms with van der Waals surface area (Å²) < 4.78 is 27.4. The molecule has 0 aliphatic heterocycles. The third-order valence-electron chi connectivity index (χ3n) is 2.35. The van der Waals surface area contributed by atoms with Crippen molar-refractivity contribution in [3.05, 3.63) is 51.3 Å². The molecule has 0 aliphatic rings. The van der Waals surface area contributed by atoms with Crippen LogP contribution >= 0.6 is 27.3 Å². The van der Waals surface area contributed by atoms with E-state index in [0.29, 0.717) is 10.0 Å². The van der Waals surface area contributed by atoms with Crippen molar-refractivity contribution in [1.82, 2.24) is 4.72 Å². The molecule has 0 saturated carbocycles. The minimum Gasteiger partial charge on any atom is -0.206 e. The maximum atomic E-state index is 12.0. The Hall–Kier alpha value is -1.20. The Morgan fingerprint density at radius 1 is 1.37 bits per heavy atom. The molecule has 0 spiro atoms. The Bertz CT molecular complexity index is 732. The van der Waals surface area contributed by atoms with Crippen LogP contribution in [-0.2, 0) is 16.6 Å². The van der Waals surface area contributed by atoms with Crippen molar-refractivity contribution in [3.8, 4) is 6.07 Å². The van der Waals surface area contributed by atoms with Gasteiger partial charge >= 0.3 is 0 Å². The SMILES string of the molecule is N#Cc1cccc(CNS(=O)(=O)c2sccc2Br)c1. The summed E-state index contributed by atoms with van der Waals surface area (Å²) in [6.07, 6.45) is 0. The number of sulfonamides is 1. The largest absolute Gasteiger partial charge is 0.251 e. The fraction of sp³-hybridized carbons (Fsp3) is 0.0833. The normalized spacial score (nSPS) is 11.2. The lowest BCUT2D eigenvalue weighted by Crippen LogP contribution is -2.22. The second-order valence-electron chi connectivity index (χ2n) is 3.69. The second-order valence-corrected chi connectivity index (χ2v) is 7.43. The number of hydrogen-bond acceptors (Lipinski definition) is 4. The molecule has 4 nitrogen and oxygen atoms in total. The van der Waals surface area contributed by atoms with Crippen LogP contribution in [-0.4, -0.2) is 8.42 Å². The molecule has 2 aromatic rings. The first-order valence-corrected chi connectivity index (χ1v) is 8.40. The quantitative estimate of drug-likeness (QED) is 0.915. The van der Waals surface area contributed by atoms with Crippen molar-refractivity contribution in [2.75, 3.05) is 0 Å². The lowest BCUT2D eigenvalue weighted by molar-refractivity contribution is 0.583. The van der Waals surface area contributed by atoms with Crippen LogP contribution in [0.4, 0.5) is 0 Å². The summed E-state index contributed by atoms with van der Waals surface area (Å²) in [6, 6.07) is 10.5. The number of nitrogens with zero attached hydrogens (tertiary/aromatic N) is 1. The lowest BCUT2D eigenvalue weighted by atomic mass is 10.1. The fourth-order valence-electron chi connectivity index (χ4n) is 1.47. The number of rotatable bonds is 4. The molecule has 7 heteroatoms. The van der Waals surface area contributed by atoms with E-state index >= 15 is 0 Å². The van der Waals surface area contributed by atoms with Crippen molar-refractivity contribution in [2.45, 2.75) is 10.8 Å². The molecule has 0 bridgehead atoms. The van der Waals surface area contributed by atoms with Crippen molar-refractivity contribution in [2.24, 2.45) is 0 Å². The average molecular weight is 357 g/mol. The smallest absolute Gasteiger partial charge is 0.206 e. The van der Waals surface area contributed by atoms with Gasteiger partial charge in [-0.3, -0.25) is 0 Å². The zero-order valence-corrected chi connectivity index (χ0v) is 12.8. The number of nitrogens with one attached hydrogen (secondary N) is 1. The minimum absolute atomic E-state index is 0.155. The first-order chi connectivity index (χ1) is 9.03. The summed E-state index contributed by atoms with van der Waals surface area (Å²) in [7, 11) is -3.53. The van der Waals surface area contributed by atoms with Crippen LogP contribution in [0.3, 0.4) is 0 Å². The number of nitriles is 1. The van der Waals surface area contributed by atoms with Gasteiger partial charge in [0.25, 0.3) is 10.0 Å². The van der Waals surface area contributed by atoms with Gasteiger partial charge in [-0.1, -0.05) is 12.1 Å². The maximum Gasteiger partial charge on any atom is 0.251 e. The van der Waals surface area contributed by atoms with E-state index in [4.69, 9.17) is 5.26 Å². The van der Waals surface area contributed by atoms with E-state index in [1.54, 1.807) is 35.7 Å². The number of benzene rings is 1. The van der Waals surface area contributed by atoms with Gasteiger partial charge in [0, 0.05) is 11.0 Å². The van der Waals surface area contributed by atoms with E-state index in [1.165, 1.54) is 0 Å². The predicted molar refractivity (Wildman–Crippen MR) is 77.2 cm³/mol. The van der Waals surface area contributed by atoms with Crippen LogP contribution in [0.15, 0.2) is 44.4 Å². The molecule has 2 rings (SSSR count). The topological polar surface area (TPSA) is 70.0 Å². The molecule has 0 unspecified atom stereocenters. The molecule has 1 N–H and O–H groups in total. The Balaban J connectivity index is 2.15. The molecule has 1 aromatic heterocycles. The first kappa shape index (κ1) is 14.2. The number of thiophene rings is 1. The Kier molecular flexibility index (Phi) is 4.37. The van der Waals surface area contributed by atoms with Crippen LogP contribution in [0.1, 0.15) is 11.1 Å². The molecule has 0 saturated heterocycles. The lowest BCUT2D eigenvalue weighted by Gasteiger charge is -2.05. The molecule has 0 amide bonds. The zero-order chi connectivity index (χ0) is 13.9. The van der Waals surface area contributed by atoms with Crippen molar-refractivity contribution < 1.29 is 8.42 Å². The van der Waals surface area contributed by atoms with E-state index in [9.17, 15) is 8.42 Å². The average Bonchev–Trinajstić information content (AvgIpc) is 2.84. The monoisotopic (exact) mass is 356 g/mol. The first-order valence-electron chi connectivity index (χ1n) is 5.24. The van der Waals surface area contributed by atoms with E-state index in [1.807, 2.05) is 6.07 Å². The van der Waals surface area contributed by atoms with E-state index in [-0.39, 0.29) is 10.8 Å². The molecule has 0 radical (unpaired) electrons. The summed E-state index contributed by atoms with van der Waals surface area (Å²) in [4.78, 5) is 0. The number of hydrogen-bond donors (Lipinski definition) is 1. The summed E-state index contributed by atoms with van der Waals surface area (Å²) in [5.41, 5.74) is 1.25. The fourth-order valence-corrected chi connectivity index (χ4v) is 4.86. The van der Waals surface area contributed by atoms with Crippen molar-refractivity contribution in [1.29, 1.82) is 5.26 Å². The van der Waals surface area contributed by atoms with Gasteiger partial charge in [0.15, 0.2) is 0 Å². The molecular formula is C12H9BrN2O2S2. The minimum atomic E-state index is -3.53. The molecule has 0 atom stereocenters. The highest BCUT2D eigenvalue weighted by molar-refractivity contribution is 9.10. The summed E-state index contributed by atoms with van der Waals surface area (Å²) in [6.45, 7) is 0.155. The Morgan fingerprint density at radius 3 is 2.79 bits per heavy atom. The molecule has 1 heterocycles. The van der Waals surface area contributed by atoms with Crippen molar-refractivity contribution >= 4 is 37.3 Å². The van der Waals surface area contributed by atoms with Gasteiger partial charge in [0.2, 0.25) is 0 Å². The summed E-state index contributed by atoms with van der Waals surface area (Å²) in [5, 5.41) is 10.5. The summed E-state index contributed by atoms with van der Waals surface area (Å²) in [5.74, 6) is 0. The van der Waals surface area contributed by atoms with Gasteiger partial charge in [0.05, 0.1) is 11.6 Å². The standard InChI is InChI=1S/C12H9BrN2O2S2/c13-11-4-5-18-12(11)19(16,17)15-8-10-3-1-2-9(6-10)7-14/h1-6,15H,8H2. The third kappa shape index (κ3) is 3.42. The molecule has 0 fully saturated rings. The number of halogens is 1. The van der Waals surface area contributed by atoms with Gasteiger partial charge < -0.3 is 0 Å². The van der Waals surface area contributed by atoms with E-state index < -0.39 is 10.0 Å². The van der Waals surface area contributed by atoms with Crippen molar-refractivity contribution in [3.63, 3.8) is 0 Å². The maximum absolute atomic E-state index is 12.0. The van der Waals surface area contributed by atoms with Crippen LogP contribution in [0, 0.1) is 11.3 Å². The van der Waals surface area contributed by atoms with Gasteiger partial charge in [0.1, 0.15) is 4.21 Å². The predicted octanol–water partition coefficient (Wildman–Crippen LogP) is 2.86. The molecular weight excluding hydrogens is 348 g/mol. The molecule has 19 heavy (non-hydrogen) atoms. The van der Waals surface area contributed by atoms with Crippen LogP contribution in [0.5, 0.6) is 0 Å². The second kappa shape index (κ2) is 5.84. The highest BCUT2D eigenvalue weighted by atomic mass is 79.9. The highest BCUT2D eigenvalue weighted by Gasteiger charge is 2.18.